The second-order valence-corrected chi connectivity index (χ2v) is 5.86. The number of hydrogen-bond donors (Lipinski definition) is 2. The minimum absolute atomic E-state index is 0.102. The molecule has 0 heterocycles. The van der Waals surface area contributed by atoms with Crippen molar-refractivity contribution in [2.75, 3.05) is 6.54 Å². The molecule has 0 radical (unpaired) electrons. The monoisotopic (exact) mass is 340 g/mol. The van der Waals surface area contributed by atoms with E-state index in [9.17, 15) is 0 Å². The molecule has 5 heteroatoms. The maximum atomic E-state index is 8.97. The highest BCUT2D eigenvalue weighted by Crippen LogP contribution is 2.16. The summed E-state index contributed by atoms with van der Waals surface area (Å²) < 4.78 is 0. The Balaban J connectivity index is 2.07. The van der Waals surface area contributed by atoms with Crippen molar-refractivity contribution in [2.45, 2.75) is 26.4 Å². The molecule has 0 amide bonds. The lowest BCUT2D eigenvalue weighted by atomic mass is 10.1. The molecule has 0 bridgehead atoms. The van der Waals surface area contributed by atoms with Gasteiger partial charge in [-0.2, -0.15) is 5.26 Å². The summed E-state index contributed by atoms with van der Waals surface area (Å²) in [4.78, 5) is 4.60. The largest absolute Gasteiger partial charge is 0.357 e. The number of rotatable bonds is 5. The third-order valence-electron chi connectivity index (χ3n) is 3.54. The molecular formula is C19H21ClN4. The molecule has 0 aromatic heterocycles. The van der Waals surface area contributed by atoms with Crippen molar-refractivity contribution < 1.29 is 0 Å². The van der Waals surface area contributed by atoms with Crippen LogP contribution in [0.15, 0.2) is 53.5 Å². The van der Waals surface area contributed by atoms with Crippen LogP contribution < -0.4 is 10.6 Å². The molecule has 0 aliphatic heterocycles. The second-order valence-electron chi connectivity index (χ2n) is 5.42. The van der Waals surface area contributed by atoms with Crippen molar-refractivity contribution >= 4 is 17.6 Å². The summed E-state index contributed by atoms with van der Waals surface area (Å²) in [6, 6.07) is 17.5. The lowest BCUT2D eigenvalue weighted by Crippen LogP contribution is -2.38. The van der Waals surface area contributed by atoms with E-state index < -0.39 is 0 Å². The van der Waals surface area contributed by atoms with Crippen LogP contribution in [0.25, 0.3) is 0 Å². The highest BCUT2D eigenvalue weighted by molar-refractivity contribution is 6.30. The van der Waals surface area contributed by atoms with Crippen molar-refractivity contribution in [2.24, 2.45) is 4.99 Å². The highest BCUT2D eigenvalue weighted by Gasteiger charge is 2.07. The lowest BCUT2D eigenvalue weighted by Gasteiger charge is -2.18. The normalized spacial score (nSPS) is 12.3. The molecular weight excluding hydrogens is 320 g/mol. The fourth-order valence-corrected chi connectivity index (χ4v) is 2.40. The lowest BCUT2D eigenvalue weighted by molar-refractivity contribution is 0.686. The molecule has 24 heavy (non-hydrogen) atoms. The molecule has 0 fully saturated rings. The van der Waals surface area contributed by atoms with E-state index in [1.54, 1.807) is 6.07 Å². The molecule has 2 rings (SSSR count). The molecule has 2 aromatic rings. The third-order valence-corrected chi connectivity index (χ3v) is 3.80. The van der Waals surface area contributed by atoms with Crippen LogP contribution in [0.2, 0.25) is 5.02 Å². The Morgan fingerprint density at radius 1 is 1.25 bits per heavy atom. The van der Waals surface area contributed by atoms with Gasteiger partial charge in [0.2, 0.25) is 0 Å². The van der Waals surface area contributed by atoms with E-state index in [-0.39, 0.29) is 6.04 Å². The van der Waals surface area contributed by atoms with Gasteiger partial charge < -0.3 is 10.6 Å². The maximum Gasteiger partial charge on any atom is 0.192 e. The van der Waals surface area contributed by atoms with Crippen LogP contribution in [-0.4, -0.2) is 12.5 Å². The van der Waals surface area contributed by atoms with Crippen molar-refractivity contribution in [1.29, 1.82) is 5.26 Å². The van der Waals surface area contributed by atoms with E-state index in [4.69, 9.17) is 16.9 Å². The molecule has 0 saturated heterocycles. The Kier molecular flexibility index (Phi) is 6.65. The molecule has 124 valence electrons. The summed E-state index contributed by atoms with van der Waals surface area (Å²) in [7, 11) is 0. The molecule has 0 spiro atoms. The van der Waals surface area contributed by atoms with Gasteiger partial charge in [-0.25, -0.2) is 4.99 Å². The van der Waals surface area contributed by atoms with Gasteiger partial charge in [0.25, 0.3) is 0 Å². The van der Waals surface area contributed by atoms with E-state index in [2.05, 4.69) is 28.6 Å². The third kappa shape index (κ3) is 5.29. The Hall–Kier alpha value is -2.51. The summed E-state index contributed by atoms with van der Waals surface area (Å²) in [6.45, 7) is 5.39. The first-order valence-electron chi connectivity index (χ1n) is 7.91. The second kappa shape index (κ2) is 8.95. The van der Waals surface area contributed by atoms with Gasteiger partial charge >= 0.3 is 0 Å². The topological polar surface area (TPSA) is 60.2 Å². The number of nitrogens with zero attached hydrogens (tertiary/aromatic N) is 2. The van der Waals surface area contributed by atoms with Gasteiger partial charge in [-0.3, -0.25) is 0 Å². The van der Waals surface area contributed by atoms with Gasteiger partial charge in [0.1, 0.15) is 0 Å². The Morgan fingerprint density at radius 2 is 2.00 bits per heavy atom. The summed E-state index contributed by atoms with van der Waals surface area (Å²) in [5, 5.41) is 16.3. The highest BCUT2D eigenvalue weighted by atomic mass is 35.5. The predicted octanol–water partition coefficient (Wildman–Crippen LogP) is 4.03. The van der Waals surface area contributed by atoms with Gasteiger partial charge in [0, 0.05) is 11.6 Å². The first kappa shape index (κ1) is 17.8. The zero-order valence-corrected chi connectivity index (χ0v) is 14.6. The molecule has 1 atom stereocenters. The molecule has 0 aliphatic carbocycles. The number of hydrogen-bond acceptors (Lipinski definition) is 2. The average Bonchev–Trinajstić information content (AvgIpc) is 2.60. The number of nitrogens with one attached hydrogen (secondary N) is 2. The quantitative estimate of drug-likeness (QED) is 0.638. The Bertz CT molecular complexity index is 732. The van der Waals surface area contributed by atoms with Crippen LogP contribution in [0.3, 0.4) is 0 Å². The van der Waals surface area contributed by atoms with Gasteiger partial charge in [0.15, 0.2) is 5.96 Å². The molecule has 2 N–H and O–H groups in total. The summed E-state index contributed by atoms with van der Waals surface area (Å²) in [5.74, 6) is 0.738. The van der Waals surface area contributed by atoms with Crippen LogP contribution in [0.4, 0.5) is 0 Å². The average molecular weight is 341 g/mol. The molecule has 0 aliphatic rings. The first-order chi connectivity index (χ1) is 11.6. The van der Waals surface area contributed by atoms with Gasteiger partial charge in [0.05, 0.1) is 24.2 Å². The minimum atomic E-state index is 0.102. The van der Waals surface area contributed by atoms with Crippen LogP contribution in [-0.2, 0) is 6.54 Å². The molecule has 0 saturated carbocycles. The van der Waals surface area contributed by atoms with E-state index >= 15 is 0 Å². The Morgan fingerprint density at radius 3 is 2.67 bits per heavy atom. The van der Waals surface area contributed by atoms with E-state index in [1.807, 2.05) is 49.4 Å². The van der Waals surface area contributed by atoms with Crippen molar-refractivity contribution in [3.05, 3.63) is 70.2 Å². The van der Waals surface area contributed by atoms with Crippen molar-refractivity contribution in [1.82, 2.24) is 10.6 Å². The fraction of sp³-hybridized carbons (Fsp3) is 0.263. The standard InChI is InChI=1S/C19H21ClN4/c1-3-22-19(23-13-16-6-4-5-15(11-16)12-21)24-14(2)17-7-9-18(20)10-8-17/h4-11,14H,3,13H2,1-2H3,(H2,22,23,24). The summed E-state index contributed by atoms with van der Waals surface area (Å²) in [6.07, 6.45) is 0. The van der Waals surface area contributed by atoms with Gasteiger partial charge in [-0.05, 0) is 49.2 Å². The van der Waals surface area contributed by atoms with Crippen molar-refractivity contribution in [3.8, 4) is 6.07 Å². The number of benzene rings is 2. The molecule has 2 aromatic carbocycles. The SMILES string of the molecule is CCNC(=NCc1cccc(C#N)c1)NC(C)c1ccc(Cl)cc1. The first-order valence-corrected chi connectivity index (χ1v) is 8.29. The van der Waals surface area contributed by atoms with Crippen LogP contribution in [0.1, 0.15) is 36.6 Å². The van der Waals surface area contributed by atoms with E-state index in [1.165, 1.54) is 0 Å². The predicted molar refractivity (Wildman–Crippen MR) is 99.0 cm³/mol. The van der Waals surface area contributed by atoms with Crippen LogP contribution >= 0.6 is 11.6 Å². The number of guanidine groups is 1. The van der Waals surface area contributed by atoms with Gasteiger partial charge in [-0.1, -0.05) is 35.9 Å². The zero-order valence-electron chi connectivity index (χ0n) is 13.9. The smallest absolute Gasteiger partial charge is 0.192 e. The number of halogens is 1. The maximum absolute atomic E-state index is 8.97. The van der Waals surface area contributed by atoms with Gasteiger partial charge in [-0.15, -0.1) is 0 Å². The molecule has 1 unspecified atom stereocenters. The van der Waals surface area contributed by atoms with Crippen LogP contribution in [0.5, 0.6) is 0 Å². The van der Waals surface area contributed by atoms with Crippen molar-refractivity contribution in [3.63, 3.8) is 0 Å². The Labute approximate surface area is 148 Å². The van der Waals surface area contributed by atoms with E-state index in [0.29, 0.717) is 12.1 Å². The molecule has 4 nitrogen and oxygen atoms in total. The zero-order chi connectivity index (χ0) is 17.4. The van der Waals surface area contributed by atoms with Crippen LogP contribution in [0, 0.1) is 11.3 Å². The number of nitriles is 1. The minimum Gasteiger partial charge on any atom is -0.357 e. The fourth-order valence-electron chi connectivity index (χ4n) is 2.27. The van der Waals surface area contributed by atoms with E-state index in [0.717, 1.165) is 28.7 Å². The summed E-state index contributed by atoms with van der Waals surface area (Å²) >= 11 is 5.93. The summed E-state index contributed by atoms with van der Waals surface area (Å²) in [5.41, 5.74) is 2.79. The number of aliphatic imine (C=N–C) groups is 1.